The molecule has 1 fully saturated rings. The lowest BCUT2D eigenvalue weighted by Gasteiger charge is -2.14. The lowest BCUT2D eigenvalue weighted by Crippen LogP contribution is -2.33. The van der Waals surface area contributed by atoms with Crippen LogP contribution in [0.4, 0.5) is 0 Å². The van der Waals surface area contributed by atoms with Crippen LogP contribution in [0, 0.1) is 12.3 Å². The van der Waals surface area contributed by atoms with Gasteiger partial charge in [-0.1, -0.05) is 15.9 Å². The maximum Gasteiger partial charge on any atom is 0.256 e. The predicted molar refractivity (Wildman–Crippen MR) is 74.2 cm³/mol. The van der Waals surface area contributed by atoms with E-state index < -0.39 is 0 Å². The van der Waals surface area contributed by atoms with Crippen LogP contribution in [0.1, 0.15) is 35.3 Å². The standard InChI is InChI=1S/C13H17BrN2O2/c1-9-6-11(17)10(7-15-9)12(18)16-8-13(2-3-13)4-5-14/h6-7H,2-5,8H2,1H3,(H,15,17)(H,16,18). The summed E-state index contributed by atoms with van der Waals surface area (Å²) in [5.74, 6) is -0.280. The third-order valence-electron chi connectivity index (χ3n) is 3.51. The third-order valence-corrected chi connectivity index (χ3v) is 3.90. The molecule has 0 aromatic carbocycles. The summed E-state index contributed by atoms with van der Waals surface area (Å²) in [6.45, 7) is 2.45. The van der Waals surface area contributed by atoms with Crippen molar-refractivity contribution in [2.75, 3.05) is 11.9 Å². The first-order valence-electron chi connectivity index (χ1n) is 6.10. The number of aromatic nitrogens is 1. The Kier molecular flexibility index (Phi) is 3.90. The van der Waals surface area contributed by atoms with Gasteiger partial charge in [0.2, 0.25) is 0 Å². The third kappa shape index (κ3) is 3.02. The SMILES string of the molecule is Cc1cc(=O)c(C(=O)NCC2(CCBr)CC2)c[nH]1. The highest BCUT2D eigenvalue weighted by atomic mass is 79.9. The molecule has 18 heavy (non-hydrogen) atoms. The summed E-state index contributed by atoms with van der Waals surface area (Å²) < 4.78 is 0. The van der Waals surface area contributed by atoms with Crippen molar-refractivity contribution in [1.82, 2.24) is 10.3 Å². The molecular formula is C13H17BrN2O2. The molecule has 1 aromatic rings. The molecule has 98 valence electrons. The van der Waals surface area contributed by atoms with Crippen molar-refractivity contribution in [2.45, 2.75) is 26.2 Å². The number of carbonyl (C=O) groups excluding carboxylic acids is 1. The molecule has 0 atom stereocenters. The molecule has 5 heteroatoms. The van der Waals surface area contributed by atoms with E-state index in [1.165, 1.54) is 12.3 Å². The Hall–Kier alpha value is -1.10. The van der Waals surface area contributed by atoms with Gasteiger partial charge in [-0.05, 0) is 31.6 Å². The number of rotatable bonds is 5. The van der Waals surface area contributed by atoms with E-state index in [0.717, 1.165) is 30.3 Å². The van der Waals surface area contributed by atoms with Crippen molar-refractivity contribution >= 4 is 21.8 Å². The van der Waals surface area contributed by atoms with E-state index in [9.17, 15) is 9.59 Å². The smallest absolute Gasteiger partial charge is 0.256 e. The minimum absolute atomic E-state index is 0.190. The zero-order valence-electron chi connectivity index (χ0n) is 10.4. The fourth-order valence-electron chi connectivity index (χ4n) is 2.01. The van der Waals surface area contributed by atoms with E-state index >= 15 is 0 Å². The van der Waals surface area contributed by atoms with Gasteiger partial charge in [0.05, 0.1) is 0 Å². The normalized spacial score (nSPS) is 16.3. The molecule has 1 amide bonds. The number of H-pyrrole nitrogens is 1. The zero-order valence-corrected chi connectivity index (χ0v) is 12.0. The van der Waals surface area contributed by atoms with Crippen LogP contribution in [0.25, 0.3) is 0 Å². The number of nitrogens with one attached hydrogen (secondary N) is 2. The van der Waals surface area contributed by atoms with Crippen molar-refractivity contribution in [3.63, 3.8) is 0 Å². The molecule has 1 aromatic heterocycles. The molecule has 0 bridgehead atoms. The summed E-state index contributed by atoms with van der Waals surface area (Å²) in [5, 5.41) is 3.82. The number of hydrogen-bond donors (Lipinski definition) is 2. The Bertz CT molecular complexity index is 506. The van der Waals surface area contributed by atoms with Crippen molar-refractivity contribution < 1.29 is 4.79 Å². The van der Waals surface area contributed by atoms with Crippen LogP contribution in [0.3, 0.4) is 0 Å². The Morgan fingerprint density at radius 3 is 2.83 bits per heavy atom. The molecule has 0 saturated heterocycles. The van der Waals surface area contributed by atoms with E-state index in [-0.39, 0.29) is 22.3 Å². The van der Waals surface area contributed by atoms with Crippen molar-refractivity contribution in [2.24, 2.45) is 5.41 Å². The van der Waals surface area contributed by atoms with Crippen LogP contribution in [-0.2, 0) is 0 Å². The van der Waals surface area contributed by atoms with Gasteiger partial charge >= 0.3 is 0 Å². The van der Waals surface area contributed by atoms with E-state index in [1.54, 1.807) is 6.92 Å². The van der Waals surface area contributed by atoms with Gasteiger partial charge in [-0.2, -0.15) is 0 Å². The Morgan fingerprint density at radius 1 is 1.56 bits per heavy atom. The van der Waals surface area contributed by atoms with Crippen LogP contribution in [0.2, 0.25) is 0 Å². The summed E-state index contributed by atoms with van der Waals surface area (Å²) >= 11 is 3.43. The number of aromatic amines is 1. The van der Waals surface area contributed by atoms with Crippen LogP contribution in [-0.4, -0.2) is 22.8 Å². The van der Waals surface area contributed by atoms with Crippen LogP contribution in [0.15, 0.2) is 17.1 Å². The lowest BCUT2D eigenvalue weighted by atomic mass is 10.0. The maximum absolute atomic E-state index is 11.9. The first kappa shape index (κ1) is 13.3. The Labute approximate surface area is 114 Å². The molecule has 0 spiro atoms. The topological polar surface area (TPSA) is 62.0 Å². The monoisotopic (exact) mass is 312 g/mol. The Morgan fingerprint density at radius 2 is 2.28 bits per heavy atom. The Balaban J connectivity index is 1.98. The maximum atomic E-state index is 11.9. The second-order valence-electron chi connectivity index (χ2n) is 5.02. The lowest BCUT2D eigenvalue weighted by molar-refractivity contribution is 0.0943. The number of carbonyl (C=O) groups is 1. The minimum atomic E-state index is -0.280. The van der Waals surface area contributed by atoms with Crippen molar-refractivity contribution in [3.05, 3.63) is 33.7 Å². The first-order chi connectivity index (χ1) is 8.56. The zero-order chi connectivity index (χ0) is 13.2. The molecule has 2 N–H and O–H groups in total. The fraction of sp³-hybridized carbons (Fsp3) is 0.538. The number of aryl methyl sites for hydroxylation is 1. The fourth-order valence-corrected chi connectivity index (χ4v) is 2.85. The molecule has 1 heterocycles. The van der Waals surface area contributed by atoms with Gasteiger partial charge in [0.15, 0.2) is 5.43 Å². The highest BCUT2D eigenvalue weighted by Crippen LogP contribution is 2.48. The summed E-state index contributed by atoms with van der Waals surface area (Å²) in [6, 6.07) is 1.44. The molecule has 1 aliphatic carbocycles. The van der Waals surface area contributed by atoms with Crippen molar-refractivity contribution in [1.29, 1.82) is 0 Å². The van der Waals surface area contributed by atoms with Gasteiger partial charge in [0, 0.05) is 29.8 Å². The van der Waals surface area contributed by atoms with E-state index in [0.29, 0.717) is 6.54 Å². The minimum Gasteiger partial charge on any atom is -0.364 e. The van der Waals surface area contributed by atoms with E-state index in [1.807, 2.05) is 0 Å². The van der Waals surface area contributed by atoms with Gasteiger partial charge < -0.3 is 10.3 Å². The van der Waals surface area contributed by atoms with Gasteiger partial charge in [-0.15, -0.1) is 0 Å². The van der Waals surface area contributed by atoms with Crippen LogP contribution in [0.5, 0.6) is 0 Å². The number of hydrogen-bond acceptors (Lipinski definition) is 2. The number of alkyl halides is 1. The summed E-state index contributed by atoms with van der Waals surface area (Å²) in [6.07, 6.45) is 4.86. The van der Waals surface area contributed by atoms with Crippen LogP contribution < -0.4 is 10.7 Å². The molecule has 0 aliphatic heterocycles. The van der Waals surface area contributed by atoms with Crippen molar-refractivity contribution in [3.8, 4) is 0 Å². The second kappa shape index (κ2) is 5.26. The van der Waals surface area contributed by atoms with E-state index in [2.05, 4.69) is 26.2 Å². The molecule has 0 radical (unpaired) electrons. The predicted octanol–water partition coefficient (Wildman–Crippen LogP) is 1.98. The second-order valence-corrected chi connectivity index (χ2v) is 5.81. The first-order valence-corrected chi connectivity index (χ1v) is 7.22. The number of amides is 1. The van der Waals surface area contributed by atoms with Gasteiger partial charge in [-0.3, -0.25) is 9.59 Å². The molecule has 1 aliphatic rings. The summed E-state index contributed by atoms with van der Waals surface area (Å²) in [4.78, 5) is 26.5. The molecule has 1 saturated carbocycles. The van der Waals surface area contributed by atoms with Gasteiger partial charge in [-0.25, -0.2) is 0 Å². The quantitative estimate of drug-likeness (QED) is 0.817. The largest absolute Gasteiger partial charge is 0.364 e. The molecule has 0 unspecified atom stereocenters. The average molecular weight is 313 g/mol. The molecular weight excluding hydrogens is 296 g/mol. The molecule has 4 nitrogen and oxygen atoms in total. The average Bonchev–Trinajstić information content (AvgIpc) is 3.07. The van der Waals surface area contributed by atoms with Gasteiger partial charge in [0.25, 0.3) is 5.91 Å². The van der Waals surface area contributed by atoms with Crippen LogP contribution >= 0.6 is 15.9 Å². The summed E-state index contributed by atoms with van der Waals surface area (Å²) in [7, 11) is 0. The van der Waals surface area contributed by atoms with Gasteiger partial charge in [0.1, 0.15) is 5.56 Å². The van der Waals surface area contributed by atoms with E-state index in [4.69, 9.17) is 0 Å². The molecule has 2 rings (SSSR count). The number of pyridine rings is 1. The highest BCUT2D eigenvalue weighted by molar-refractivity contribution is 9.09. The number of halogens is 1. The highest BCUT2D eigenvalue weighted by Gasteiger charge is 2.41. The summed E-state index contributed by atoms with van der Waals surface area (Å²) in [5.41, 5.74) is 0.982.